The highest BCUT2D eigenvalue weighted by Crippen LogP contribution is 2.14. The van der Waals surface area contributed by atoms with Crippen molar-refractivity contribution in [3.8, 4) is 0 Å². The molecule has 0 spiro atoms. The van der Waals surface area contributed by atoms with E-state index in [1.54, 1.807) is 7.05 Å². The number of carbonyl (C=O) groups is 1. The summed E-state index contributed by atoms with van der Waals surface area (Å²) in [4.78, 5) is 15.9. The highest BCUT2D eigenvalue weighted by atomic mass is 16.5. The van der Waals surface area contributed by atoms with E-state index in [2.05, 4.69) is 39.9 Å². The topological polar surface area (TPSA) is 91.5 Å². The zero-order chi connectivity index (χ0) is 19.6. The van der Waals surface area contributed by atoms with E-state index in [-0.39, 0.29) is 5.91 Å². The number of carbonyl (C=O) groups excluding carboxylic acids is 1. The van der Waals surface area contributed by atoms with Crippen LogP contribution >= 0.6 is 0 Å². The molecule has 0 saturated carbocycles. The number of aliphatic imine (C=N–C) groups is 1. The molecule has 0 aliphatic heterocycles. The monoisotopic (exact) mass is 371 g/mol. The summed E-state index contributed by atoms with van der Waals surface area (Å²) in [6, 6.07) is 9.73. The van der Waals surface area contributed by atoms with E-state index in [1.807, 2.05) is 37.3 Å². The molecule has 2 aromatic rings. The number of amides is 1. The van der Waals surface area contributed by atoms with Gasteiger partial charge in [0, 0.05) is 31.8 Å². The van der Waals surface area contributed by atoms with E-state index < -0.39 is 0 Å². The van der Waals surface area contributed by atoms with Crippen LogP contribution in [0.15, 0.2) is 39.8 Å². The van der Waals surface area contributed by atoms with Gasteiger partial charge < -0.3 is 20.5 Å². The number of benzene rings is 1. The number of anilines is 1. The van der Waals surface area contributed by atoms with E-state index in [0.29, 0.717) is 31.4 Å². The van der Waals surface area contributed by atoms with Crippen molar-refractivity contribution in [2.24, 2.45) is 4.99 Å². The van der Waals surface area contributed by atoms with E-state index >= 15 is 0 Å². The van der Waals surface area contributed by atoms with Gasteiger partial charge in [0.25, 0.3) is 0 Å². The maximum Gasteiger partial charge on any atom is 0.224 e. The summed E-state index contributed by atoms with van der Waals surface area (Å²) in [7, 11) is 1.72. The van der Waals surface area contributed by atoms with Crippen LogP contribution in [0.5, 0.6) is 0 Å². The largest absolute Gasteiger partial charge is 0.359 e. The lowest BCUT2D eigenvalue weighted by Crippen LogP contribution is -2.36. The molecule has 27 heavy (non-hydrogen) atoms. The Morgan fingerprint density at radius 3 is 2.67 bits per heavy atom. The molecule has 1 amide bonds. The van der Waals surface area contributed by atoms with E-state index in [9.17, 15) is 4.79 Å². The van der Waals surface area contributed by atoms with Crippen LogP contribution in [0.4, 0.5) is 5.69 Å². The normalized spacial score (nSPS) is 11.5. The van der Waals surface area contributed by atoms with Crippen molar-refractivity contribution in [1.29, 1.82) is 0 Å². The summed E-state index contributed by atoms with van der Waals surface area (Å²) in [5.41, 5.74) is 2.80. The quantitative estimate of drug-likeness (QED) is 0.489. The number of rotatable bonds is 8. The Labute approximate surface area is 160 Å². The number of hydrogen-bond acceptors (Lipinski definition) is 4. The lowest BCUT2D eigenvalue weighted by Gasteiger charge is -2.12. The van der Waals surface area contributed by atoms with Crippen molar-refractivity contribution in [2.75, 3.05) is 12.4 Å². The Kier molecular flexibility index (Phi) is 7.85. The fourth-order valence-electron chi connectivity index (χ4n) is 2.47. The third-order valence-electron chi connectivity index (χ3n) is 3.97. The molecule has 1 heterocycles. The molecule has 0 aliphatic carbocycles. The first-order valence-electron chi connectivity index (χ1n) is 9.30. The Morgan fingerprint density at radius 1 is 1.22 bits per heavy atom. The van der Waals surface area contributed by atoms with Crippen molar-refractivity contribution in [3.05, 3.63) is 47.3 Å². The minimum absolute atomic E-state index is 0.0351. The second-order valence-electron chi connectivity index (χ2n) is 6.65. The molecule has 0 aliphatic rings. The minimum Gasteiger partial charge on any atom is -0.359 e. The maximum atomic E-state index is 11.7. The van der Waals surface area contributed by atoms with Gasteiger partial charge >= 0.3 is 0 Å². The standard InChI is InChI=1S/C20H29N5O2/c1-5-7-19(26)24-16-9-6-8-15(10-16)12-22-20(21-4)23-13-17-11-18(14(2)3)25-27-17/h6,8-11,14H,5,7,12-13H2,1-4H3,(H,24,26)(H2,21,22,23). The van der Waals surface area contributed by atoms with Gasteiger partial charge in [-0.25, -0.2) is 0 Å². The van der Waals surface area contributed by atoms with Crippen LogP contribution in [-0.2, 0) is 17.9 Å². The van der Waals surface area contributed by atoms with E-state index in [0.717, 1.165) is 29.1 Å². The highest BCUT2D eigenvalue weighted by Gasteiger charge is 2.08. The van der Waals surface area contributed by atoms with Crippen molar-refractivity contribution >= 4 is 17.6 Å². The van der Waals surface area contributed by atoms with Gasteiger partial charge in [-0.3, -0.25) is 9.79 Å². The molecule has 1 aromatic carbocycles. The van der Waals surface area contributed by atoms with Gasteiger partial charge in [-0.2, -0.15) is 0 Å². The maximum absolute atomic E-state index is 11.7. The number of hydrogen-bond donors (Lipinski definition) is 3. The molecule has 2 rings (SSSR count). The molecule has 0 fully saturated rings. The summed E-state index contributed by atoms with van der Waals surface area (Å²) < 4.78 is 5.32. The van der Waals surface area contributed by atoms with Crippen LogP contribution in [0.1, 0.15) is 56.5 Å². The number of nitrogens with one attached hydrogen (secondary N) is 3. The minimum atomic E-state index is 0.0351. The third-order valence-corrected chi connectivity index (χ3v) is 3.97. The van der Waals surface area contributed by atoms with Gasteiger partial charge in [-0.1, -0.05) is 38.1 Å². The Morgan fingerprint density at radius 2 is 2.00 bits per heavy atom. The van der Waals surface area contributed by atoms with Crippen LogP contribution < -0.4 is 16.0 Å². The van der Waals surface area contributed by atoms with Gasteiger partial charge in [0.05, 0.1) is 12.2 Å². The average Bonchev–Trinajstić information content (AvgIpc) is 3.12. The predicted octanol–water partition coefficient (Wildman–Crippen LogP) is 3.40. The molecule has 7 nitrogen and oxygen atoms in total. The first kappa shape index (κ1) is 20.5. The van der Waals surface area contributed by atoms with Crippen molar-refractivity contribution in [1.82, 2.24) is 15.8 Å². The van der Waals surface area contributed by atoms with Crippen molar-refractivity contribution < 1.29 is 9.32 Å². The number of guanidine groups is 1. The smallest absolute Gasteiger partial charge is 0.224 e. The van der Waals surface area contributed by atoms with Crippen LogP contribution in [0.2, 0.25) is 0 Å². The molecule has 0 radical (unpaired) electrons. The van der Waals surface area contributed by atoms with Crippen LogP contribution in [0, 0.1) is 0 Å². The lowest BCUT2D eigenvalue weighted by atomic mass is 10.1. The molecule has 0 atom stereocenters. The number of nitrogens with zero attached hydrogens (tertiary/aromatic N) is 2. The Balaban J connectivity index is 1.85. The first-order valence-corrected chi connectivity index (χ1v) is 9.30. The Hall–Kier alpha value is -2.83. The van der Waals surface area contributed by atoms with E-state index in [4.69, 9.17) is 4.52 Å². The fraction of sp³-hybridized carbons (Fsp3) is 0.450. The van der Waals surface area contributed by atoms with E-state index in [1.165, 1.54) is 0 Å². The average molecular weight is 371 g/mol. The second kappa shape index (κ2) is 10.4. The highest BCUT2D eigenvalue weighted by molar-refractivity contribution is 5.90. The zero-order valence-electron chi connectivity index (χ0n) is 16.5. The lowest BCUT2D eigenvalue weighted by molar-refractivity contribution is -0.116. The zero-order valence-corrected chi connectivity index (χ0v) is 16.5. The summed E-state index contributed by atoms with van der Waals surface area (Å²) in [5.74, 6) is 1.80. The summed E-state index contributed by atoms with van der Waals surface area (Å²) in [6.45, 7) is 7.24. The molecule has 1 aromatic heterocycles. The molecule has 7 heteroatoms. The summed E-state index contributed by atoms with van der Waals surface area (Å²) in [6.07, 6.45) is 1.36. The molecule has 0 bridgehead atoms. The molecule has 0 unspecified atom stereocenters. The SMILES string of the molecule is CCCC(=O)Nc1cccc(CNC(=NC)NCc2cc(C(C)C)no2)c1. The van der Waals surface area contributed by atoms with Crippen LogP contribution in [-0.4, -0.2) is 24.1 Å². The third kappa shape index (κ3) is 6.77. The van der Waals surface area contributed by atoms with Crippen molar-refractivity contribution in [2.45, 2.75) is 52.6 Å². The molecule has 146 valence electrons. The fourth-order valence-corrected chi connectivity index (χ4v) is 2.47. The summed E-state index contributed by atoms with van der Waals surface area (Å²) >= 11 is 0. The molecule has 0 saturated heterocycles. The van der Waals surface area contributed by atoms with Crippen LogP contribution in [0.25, 0.3) is 0 Å². The predicted molar refractivity (Wildman–Crippen MR) is 108 cm³/mol. The molecule has 3 N–H and O–H groups in total. The molecular weight excluding hydrogens is 342 g/mol. The summed E-state index contributed by atoms with van der Waals surface area (Å²) in [5, 5.41) is 13.4. The molecular formula is C20H29N5O2. The first-order chi connectivity index (χ1) is 13.0. The van der Waals surface area contributed by atoms with Crippen LogP contribution in [0.3, 0.4) is 0 Å². The number of aromatic nitrogens is 1. The van der Waals surface area contributed by atoms with Gasteiger partial charge in [-0.05, 0) is 30.0 Å². The Bertz CT molecular complexity index is 767. The van der Waals surface area contributed by atoms with Gasteiger partial charge in [0.1, 0.15) is 0 Å². The van der Waals surface area contributed by atoms with Gasteiger partial charge in [0.15, 0.2) is 11.7 Å². The second-order valence-corrected chi connectivity index (χ2v) is 6.65. The van der Waals surface area contributed by atoms with Crippen molar-refractivity contribution in [3.63, 3.8) is 0 Å². The van der Waals surface area contributed by atoms with Gasteiger partial charge in [0.2, 0.25) is 5.91 Å². The van der Waals surface area contributed by atoms with Gasteiger partial charge in [-0.15, -0.1) is 0 Å².